The van der Waals surface area contributed by atoms with E-state index in [4.69, 9.17) is 9.16 Å². The first kappa shape index (κ1) is 20.2. The van der Waals surface area contributed by atoms with Gasteiger partial charge in [0.25, 0.3) is 0 Å². The molecule has 1 aliphatic carbocycles. The van der Waals surface area contributed by atoms with Crippen LogP contribution in [-0.2, 0) is 14.0 Å². The lowest BCUT2D eigenvalue weighted by molar-refractivity contribution is -0.124. The molecule has 25 heavy (non-hydrogen) atoms. The second kappa shape index (κ2) is 7.63. The Morgan fingerprint density at radius 2 is 1.92 bits per heavy atom. The molecule has 2 rings (SSSR count). The average molecular weight is 363 g/mol. The maximum atomic E-state index is 12.9. The van der Waals surface area contributed by atoms with E-state index in [-0.39, 0.29) is 17.8 Å². The summed E-state index contributed by atoms with van der Waals surface area (Å²) in [5.74, 6) is 0.750. The van der Waals surface area contributed by atoms with Crippen molar-refractivity contribution in [3.05, 3.63) is 35.1 Å². The minimum absolute atomic E-state index is 0.100. The molecule has 0 amide bonds. The highest BCUT2D eigenvalue weighted by Crippen LogP contribution is 2.49. The zero-order valence-corrected chi connectivity index (χ0v) is 17.9. The standard InChI is InChI=1S/C21H34O3Si/c1-8-25(9-2,10-3)24-21(7)19(12-11-15(4)5)23-18-14-16(6)13-17(22)20(18)21/h11-13,18,20H,8-10,14H2,1-7H3/b19-12-/t18-,20+,21-/m0/s1. The molecule has 0 N–H and O–H groups in total. The third-order valence-electron chi connectivity index (χ3n) is 5.88. The molecule has 0 saturated carbocycles. The van der Waals surface area contributed by atoms with Crippen molar-refractivity contribution in [1.29, 1.82) is 0 Å². The Morgan fingerprint density at radius 1 is 1.32 bits per heavy atom. The van der Waals surface area contributed by atoms with Crippen molar-refractivity contribution in [3.63, 3.8) is 0 Å². The summed E-state index contributed by atoms with van der Waals surface area (Å²) in [4.78, 5) is 12.9. The van der Waals surface area contributed by atoms with Gasteiger partial charge in [-0.25, -0.2) is 0 Å². The molecule has 4 heteroatoms. The van der Waals surface area contributed by atoms with Gasteiger partial charge in [0.2, 0.25) is 0 Å². The second-order valence-corrected chi connectivity index (χ2v) is 12.7. The Kier molecular flexibility index (Phi) is 6.16. The Balaban J connectivity index is 2.51. The van der Waals surface area contributed by atoms with Crippen LogP contribution in [0.5, 0.6) is 0 Å². The molecule has 0 aromatic rings. The van der Waals surface area contributed by atoms with E-state index >= 15 is 0 Å². The minimum Gasteiger partial charge on any atom is -0.490 e. The molecule has 0 aromatic carbocycles. The fraction of sp³-hybridized carbons (Fsp3) is 0.667. The van der Waals surface area contributed by atoms with Gasteiger partial charge in [-0.05, 0) is 58.0 Å². The molecule has 0 radical (unpaired) electrons. The zero-order chi connectivity index (χ0) is 18.8. The van der Waals surface area contributed by atoms with E-state index in [2.05, 4.69) is 47.6 Å². The van der Waals surface area contributed by atoms with Gasteiger partial charge in [0, 0.05) is 6.42 Å². The highest BCUT2D eigenvalue weighted by molar-refractivity contribution is 6.73. The lowest BCUT2D eigenvalue weighted by Gasteiger charge is -2.40. The lowest BCUT2D eigenvalue weighted by atomic mass is 9.77. The lowest BCUT2D eigenvalue weighted by Crippen LogP contribution is -2.52. The molecule has 0 spiro atoms. The normalized spacial score (nSPS) is 30.8. The first-order valence-corrected chi connectivity index (χ1v) is 12.2. The maximum absolute atomic E-state index is 12.9. The van der Waals surface area contributed by atoms with Crippen molar-refractivity contribution < 1.29 is 14.0 Å². The highest BCUT2D eigenvalue weighted by Gasteiger charge is 2.58. The van der Waals surface area contributed by atoms with Crippen LogP contribution in [0.1, 0.15) is 54.9 Å². The van der Waals surface area contributed by atoms with Gasteiger partial charge in [0.15, 0.2) is 14.1 Å². The largest absolute Gasteiger partial charge is 0.490 e. The van der Waals surface area contributed by atoms with E-state index in [0.717, 1.165) is 35.9 Å². The number of ether oxygens (including phenoxy) is 1. The number of carbonyl (C=O) groups is 1. The van der Waals surface area contributed by atoms with E-state index in [1.807, 2.05) is 13.0 Å². The molecule has 1 fully saturated rings. The predicted octanol–water partition coefficient (Wildman–Crippen LogP) is 5.55. The SMILES string of the molecule is CC[Si](CC)(CC)O[C@@]1(C)/C(=C/C=C(C)C)O[C@H]2CC(C)=CC(=O)[C@H]21. The van der Waals surface area contributed by atoms with Crippen LogP contribution < -0.4 is 0 Å². The number of carbonyl (C=O) groups excluding carboxylic acids is 1. The van der Waals surface area contributed by atoms with Crippen LogP contribution >= 0.6 is 0 Å². The van der Waals surface area contributed by atoms with E-state index in [1.165, 1.54) is 5.57 Å². The molecule has 3 nitrogen and oxygen atoms in total. The van der Waals surface area contributed by atoms with E-state index < -0.39 is 13.9 Å². The number of allylic oxidation sites excluding steroid dienone is 4. The number of hydrogen-bond donors (Lipinski definition) is 0. The van der Waals surface area contributed by atoms with Crippen molar-refractivity contribution >= 4 is 14.1 Å². The number of fused-ring (bicyclic) bond motifs is 1. The fourth-order valence-electron chi connectivity index (χ4n) is 4.16. The van der Waals surface area contributed by atoms with Gasteiger partial charge in [-0.2, -0.15) is 0 Å². The topological polar surface area (TPSA) is 35.5 Å². The van der Waals surface area contributed by atoms with Crippen LogP contribution in [0, 0.1) is 5.92 Å². The summed E-state index contributed by atoms with van der Waals surface area (Å²) in [6.07, 6.45) is 6.59. The summed E-state index contributed by atoms with van der Waals surface area (Å²) in [5, 5.41) is 0. The molecule has 1 saturated heterocycles. The van der Waals surface area contributed by atoms with Crippen LogP contribution in [0.3, 0.4) is 0 Å². The van der Waals surface area contributed by atoms with Gasteiger partial charge < -0.3 is 9.16 Å². The fourth-order valence-corrected chi connectivity index (χ4v) is 7.22. The first-order valence-electron chi connectivity index (χ1n) is 9.64. The minimum atomic E-state index is -1.89. The van der Waals surface area contributed by atoms with Gasteiger partial charge in [-0.3, -0.25) is 4.79 Å². The van der Waals surface area contributed by atoms with E-state index in [9.17, 15) is 4.79 Å². The summed E-state index contributed by atoms with van der Waals surface area (Å²) >= 11 is 0. The smallest absolute Gasteiger partial charge is 0.193 e. The maximum Gasteiger partial charge on any atom is 0.193 e. The van der Waals surface area contributed by atoms with Gasteiger partial charge in [0.1, 0.15) is 17.5 Å². The van der Waals surface area contributed by atoms with Crippen molar-refractivity contribution in [3.8, 4) is 0 Å². The first-order chi connectivity index (χ1) is 11.7. The Hall–Kier alpha value is -1.13. The van der Waals surface area contributed by atoms with Crippen LogP contribution in [0.2, 0.25) is 18.1 Å². The molecule has 140 valence electrons. The quantitative estimate of drug-likeness (QED) is 0.581. The molecule has 0 unspecified atom stereocenters. The van der Waals surface area contributed by atoms with Gasteiger partial charge in [-0.15, -0.1) is 0 Å². The summed E-state index contributed by atoms with van der Waals surface area (Å²) in [7, 11) is -1.89. The summed E-state index contributed by atoms with van der Waals surface area (Å²) < 4.78 is 13.2. The van der Waals surface area contributed by atoms with Crippen molar-refractivity contribution in [2.24, 2.45) is 5.92 Å². The highest BCUT2D eigenvalue weighted by atomic mass is 28.4. The van der Waals surface area contributed by atoms with E-state index in [0.29, 0.717) is 0 Å². The number of hydrogen-bond acceptors (Lipinski definition) is 3. The summed E-state index contributed by atoms with van der Waals surface area (Å²) in [6.45, 7) is 14.9. The van der Waals surface area contributed by atoms with Crippen molar-refractivity contribution in [1.82, 2.24) is 0 Å². The van der Waals surface area contributed by atoms with Crippen LogP contribution in [0.15, 0.2) is 35.1 Å². The summed E-state index contributed by atoms with van der Waals surface area (Å²) in [6, 6.07) is 3.18. The Morgan fingerprint density at radius 3 is 2.44 bits per heavy atom. The van der Waals surface area contributed by atoms with Crippen molar-refractivity contribution in [2.45, 2.75) is 84.7 Å². The van der Waals surface area contributed by atoms with Crippen LogP contribution in [-0.4, -0.2) is 25.8 Å². The number of ketones is 1. The van der Waals surface area contributed by atoms with Gasteiger partial charge in [-0.1, -0.05) is 38.0 Å². The van der Waals surface area contributed by atoms with Gasteiger partial charge >= 0.3 is 0 Å². The third-order valence-corrected chi connectivity index (χ3v) is 10.6. The van der Waals surface area contributed by atoms with Crippen LogP contribution in [0.25, 0.3) is 0 Å². The molecule has 1 heterocycles. The van der Waals surface area contributed by atoms with Gasteiger partial charge in [0.05, 0.1) is 5.92 Å². The third kappa shape index (κ3) is 3.85. The molecule has 3 atom stereocenters. The predicted molar refractivity (Wildman–Crippen MR) is 106 cm³/mol. The monoisotopic (exact) mass is 362 g/mol. The zero-order valence-electron chi connectivity index (χ0n) is 16.9. The Bertz CT molecular complexity index is 600. The second-order valence-electron chi connectivity index (χ2n) is 7.96. The Labute approximate surface area is 154 Å². The molecular weight excluding hydrogens is 328 g/mol. The summed E-state index contributed by atoms with van der Waals surface area (Å²) in [5.41, 5.74) is 1.65. The average Bonchev–Trinajstić information content (AvgIpc) is 2.82. The van der Waals surface area contributed by atoms with Crippen LogP contribution in [0.4, 0.5) is 0 Å². The van der Waals surface area contributed by atoms with Crippen molar-refractivity contribution in [2.75, 3.05) is 0 Å². The molecule has 0 aromatic heterocycles. The molecule has 0 bridgehead atoms. The number of rotatable bonds is 6. The molecule has 1 aliphatic heterocycles. The molecule has 2 aliphatic rings. The van der Waals surface area contributed by atoms with E-state index in [1.54, 1.807) is 6.08 Å². The molecular formula is C21H34O3Si.